The summed E-state index contributed by atoms with van der Waals surface area (Å²) in [6, 6.07) is 24.8. The normalized spacial score (nSPS) is 15.3. The second-order valence-electron chi connectivity index (χ2n) is 9.25. The summed E-state index contributed by atoms with van der Waals surface area (Å²) >= 11 is 13.9. The van der Waals surface area contributed by atoms with Crippen molar-refractivity contribution in [1.82, 2.24) is 14.9 Å². The number of nitrogens with one attached hydrogen (secondary N) is 1. The zero-order valence-electron chi connectivity index (χ0n) is 21.4. The lowest BCUT2D eigenvalue weighted by Crippen LogP contribution is -2.27. The van der Waals surface area contributed by atoms with Gasteiger partial charge in [-0.05, 0) is 61.4 Å². The number of carbonyl (C=O) groups excluding carboxylic acids is 2. The van der Waals surface area contributed by atoms with Crippen LogP contribution in [0.1, 0.15) is 43.8 Å². The third kappa shape index (κ3) is 5.91. The van der Waals surface area contributed by atoms with Crippen LogP contribution in [-0.4, -0.2) is 33.2 Å². The summed E-state index contributed by atoms with van der Waals surface area (Å²) in [5.74, 6) is 0.246. The number of hydrogen-bond acceptors (Lipinski definition) is 4. The molecule has 6 nitrogen and oxygen atoms in total. The summed E-state index contributed by atoms with van der Waals surface area (Å²) in [6.45, 7) is 4.52. The molecule has 1 aromatic heterocycles. The Labute approximate surface area is 241 Å². The van der Waals surface area contributed by atoms with Crippen LogP contribution >= 0.6 is 35.0 Å². The van der Waals surface area contributed by atoms with E-state index in [1.165, 1.54) is 0 Å². The third-order valence-corrected chi connectivity index (χ3v) is 8.62. The molecular formula is C30H26Cl2N4O2S. The molecule has 1 atom stereocenters. The first-order chi connectivity index (χ1) is 18.8. The minimum absolute atomic E-state index is 0.0846. The molecule has 1 aliphatic rings. The topological polar surface area (TPSA) is 66.7 Å². The maximum absolute atomic E-state index is 12.7. The molecule has 0 saturated carbocycles. The number of carbonyl (C=O) groups is 2. The molecule has 9 heteroatoms. The first kappa shape index (κ1) is 27.1. The Morgan fingerprint density at radius 2 is 1.77 bits per heavy atom. The summed E-state index contributed by atoms with van der Waals surface area (Å²) in [5.41, 5.74) is 8.89. The largest absolute Gasteiger partial charge is 0.322 e. The van der Waals surface area contributed by atoms with Crippen molar-refractivity contribution in [2.45, 2.75) is 25.8 Å². The maximum atomic E-state index is 12.7. The number of thioether (sulfide) groups is 1. The molecule has 5 rings (SSSR count). The number of aromatic nitrogens is 1. The van der Waals surface area contributed by atoms with Crippen molar-refractivity contribution in [1.29, 1.82) is 0 Å². The van der Waals surface area contributed by atoms with E-state index in [0.717, 1.165) is 33.8 Å². The Bertz CT molecular complexity index is 1550. The van der Waals surface area contributed by atoms with Gasteiger partial charge in [0.15, 0.2) is 0 Å². The quantitative estimate of drug-likeness (QED) is 0.191. The lowest BCUT2D eigenvalue weighted by atomic mass is 10.1. The average molecular weight is 578 g/mol. The number of rotatable bonds is 7. The van der Waals surface area contributed by atoms with E-state index < -0.39 is 0 Å². The molecule has 1 saturated heterocycles. The lowest BCUT2D eigenvalue weighted by Gasteiger charge is -2.24. The Balaban J connectivity index is 1.25. The Morgan fingerprint density at radius 1 is 1.03 bits per heavy atom. The second-order valence-corrected chi connectivity index (χ2v) is 11.1. The molecular weight excluding hydrogens is 551 g/mol. The van der Waals surface area contributed by atoms with Crippen LogP contribution in [0.3, 0.4) is 0 Å². The molecule has 0 radical (unpaired) electrons. The average Bonchev–Trinajstić information content (AvgIpc) is 3.44. The van der Waals surface area contributed by atoms with Crippen molar-refractivity contribution in [3.8, 4) is 5.69 Å². The van der Waals surface area contributed by atoms with Crippen LogP contribution in [0.4, 0.5) is 0 Å². The van der Waals surface area contributed by atoms with Crippen molar-refractivity contribution in [3.63, 3.8) is 0 Å². The highest BCUT2D eigenvalue weighted by Crippen LogP contribution is 2.39. The van der Waals surface area contributed by atoms with Gasteiger partial charge in [-0.25, -0.2) is 5.43 Å². The molecule has 2 amide bonds. The van der Waals surface area contributed by atoms with Crippen molar-refractivity contribution < 1.29 is 9.59 Å². The van der Waals surface area contributed by atoms with Gasteiger partial charge in [0.25, 0.3) is 5.91 Å². The zero-order chi connectivity index (χ0) is 27.5. The lowest BCUT2D eigenvalue weighted by molar-refractivity contribution is -0.128. The molecule has 39 heavy (non-hydrogen) atoms. The number of hydrazone groups is 1. The van der Waals surface area contributed by atoms with E-state index in [1.54, 1.807) is 36.2 Å². The monoisotopic (exact) mass is 576 g/mol. The predicted octanol–water partition coefficient (Wildman–Crippen LogP) is 6.94. The molecule has 3 aromatic carbocycles. The number of benzene rings is 3. The van der Waals surface area contributed by atoms with Gasteiger partial charge in [0.05, 0.1) is 22.0 Å². The van der Waals surface area contributed by atoms with Crippen molar-refractivity contribution >= 4 is 53.0 Å². The summed E-state index contributed by atoms with van der Waals surface area (Å²) in [7, 11) is 0. The van der Waals surface area contributed by atoms with Crippen LogP contribution in [0.2, 0.25) is 10.0 Å². The van der Waals surface area contributed by atoms with Crippen LogP contribution in [0.25, 0.3) is 5.69 Å². The Hall–Kier alpha value is -3.52. The zero-order valence-corrected chi connectivity index (χ0v) is 23.7. The van der Waals surface area contributed by atoms with Crippen LogP contribution in [-0.2, 0) is 11.3 Å². The smallest absolute Gasteiger partial charge is 0.271 e. The van der Waals surface area contributed by atoms with E-state index >= 15 is 0 Å². The Morgan fingerprint density at radius 3 is 2.49 bits per heavy atom. The number of halogens is 2. The maximum Gasteiger partial charge on any atom is 0.271 e. The van der Waals surface area contributed by atoms with Crippen molar-refractivity contribution in [2.24, 2.45) is 5.10 Å². The molecule has 0 bridgehead atoms. The minimum atomic E-state index is -0.313. The van der Waals surface area contributed by atoms with Crippen molar-refractivity contribution in [3.05, 3.63) is 123 Å². The number of hydrogen-bond donors (Lipinski definition) is 1. The molecule has 0 spiro atoms. The van der Waals surface area contributed by atoms with E-state index in [4.69, 9.17) is 23.2 Å². The SMILES string of the molecule is Cc1cc(/C=N/NC(=O)c2ccc(C3SCC(=O)N3Cc3ccccc3)cc2)c(C)n1-c1ccc(Cl)c(Cl)c1. The van der Waals surface area contributed by atoms with Crippen LogP contribution < -0.4 is 5.43 Å². The summed E-state index contributed by atoms with van der Waals surface area (Å²) in [6.07, 6.45) is 1.63. The highest BCUT2D eigenvalue weighted by molar-refractivity contribution is 8.00. The van der Waals surface area contributed by atoms with Gasteiger partial charge in [-0.1, -0.05) is 65.7 Å². The number of nitrogens with zero attached hydrogens (tertiary/aromatic N) is 3. The molecule has 1 unspecified atom stereocenters. The van der Waals surface area contributed by atoms with Gasteiger partial charge >= 0.3 is 0 Å². The first-order valence-corrected chi connectivity index (χ1v) is 14.1. The summed E-state index contributed by atoms with van der Waals surface area (Å²) < 4.78 is 2.05. The van der Waals surface area contributed by atoms with E-state index in [0.29, 0.717) is 27.9 Å². The fraction of sp³-hybridized carbons (Fsp3) is 0.167. The van der Waals surface area contributed by atoms with E-state index in [9.17, 15) is 9.59 Å². The molecule has 0 aliphatic carbocycles. The van der Waals surface area contributed by atoms with Crippen molar-refractivity contribution in [2.75, 3.05) is 5.75 Å². The fourth-order valence-corrected chi connectivity index (χ4v) is 6.13. The van der Waals surface area contributed by atoms with Gasteiger partial charge in [-0.2, -0.15) is 5.10 Å². The molecule has 4 aromatic rings. The third-order valence-electron chi connectivity index (χ3n) is 6.62. The molecule has 198 valence electrons. The van der Waals surface area contributed by atoms with E-state index in [-0.39, 0.29) is 17.2 Å². The van der Waals surface area contributed by atoms with Crippen LogP contribution in [0, 0.1) is 13.8 Å². The standard InChI is InChI=1S/C30H26Cl2N4O2S/c1-19-14-24(20(2)36(19)25-12-13-26(31)27(32)15-25)16-33-34-29(38)22-8-10-23(11-9-22)30-35(28(37)18-39-30)17-21-6-4-3-5-7-21/h3-16,30H,17-18H2,1-2H3,(H,34,38)/b33-16+. The van der Waals surface area contributed by atoms with Gasteiger partial charge in [-0.15, -0.1) is 11.8 Å². The van der Waals surface area contributed by atoms with Gasteiger partial charge in [0.2, 0.25) is 5.91 Å². The number of amides is 2. The molecule has 1 fully saturated rings. The van der Waals surface area contributed by atoms with E-state index in [2.05, 4.69) is 15.1 Å². The number of aryl methyl sites for hydroxylation is 1. The van der Waals surface area contributed by atoms with Crippen LogP contribution in [0.5, 0.6) is 0 Å². The predicted molar refractivity (Wildman–Crippen MR) is 159 cm³/mol. The first-order valence-electron chi connectivity index (χ1n) is 12.3. The van der Waals surface area contributed by atoms with Crippen LogP contribution in [0.15, 0.2) is 84.0 Å². The minimum Gasteiger partial charge on any atom is -0.322 e. The molecule has 1 N–H and O–H groups in total. The molecule has 1 aliphatic heterocycles. The van der Waals surface area contributed by atoms with Gasteiger partial charge in [0, 0.05) is 34.7 Å². The molecule has 2 heterocycles. The fourth-order valence-electron chi connectivity index (χ4n) is 4.65. The van der Waals surface area contributed by atoms with Gasteiger partial charge in [-0.3, -0.25) is 9.59 Å². The Kier molecular flexibility index (Phi) is 8.12. The highest BCUT2D eigenvalue weighted by Gasteiger charge is 2.32. The summed E-state index contributed by atoms with van der Waals surface area (Å²) in [4.78, 5) is 27.2. The van der Waals surface area contributed by atoms with E-state index in [1.807, 2.05) is 79.4 Å². The van der Waals surface area contributed by atoms with Gasteiger partial charge < -0.3 is 9.47 Å². The summed E-state index contributed by atoms with van der Waals surface area (Å²) in [5, 5.41) is 5.08. The van der Waals surface area contributed by atoms with Gasteiger partial charge in [0.1, 0.15) is 5.37 Å². The highest BCUT2D eigenvalue weighted by atomic mass is 35.5. The second kappa shape index (κ2) is 11.7.